The zero-order valence-corrected chi connectivity index (χ0v) is 18.4. The Morgan fingerprint density at radius 1 is 1.21 bits per heavy atom. The summed E-state index contributed by atoms with van der Waals surface area (Å²) < 4.78 is 7.48. The zero-order chi connectivity index (χ0) is 21.1. The van der Waals surface area contributed by atoms with E-state index in [4.69, 9.17) is 39.5 Å². The second-order valence-corrected chi connectivity index (χ2v) is 7.98. The molecule has 0 bridgehead atoms. The summed E-state index contributed by atoms with van der Waals surface area (Å²) >= 11 is 18.2. The average Bonchev–Trinajstić information content (AvgIpc) is 2.99. The van der Waals surface area contributed by atoms with Gasteiger partial charge in [0.15, 0.2) is 5.75 Å². The second kappa shape index (κ2) is 9.08. The molecular weight excluding hydrogens is 433 g/mol. The zero-order valence-electron chi connectivity index (χ0n) is 16.2. The third-order valence-corrected chi connectivity index (χ3v) is 5.18. The number of amides is 1. The summed E-state index contributed by atoms with van der Waals surface area (Å²) in [5, 5.41) is 8.42. The van der Waals surface area contributed by atoms with Gasteiger partial charge in [-0.3, -0.25) is 9.48 Å². The Labute approximate surface area is 184 Å². The molecule has 0 aliphatic carbocycles. The quantitative estimate of drug-likeness (QED) is 0.517. The van der Waals surface area contributed by atoms with Gasteiger partial charge in [-0.05, 0) is 43.7 Å². The molecule has 8 heteroatoms. The van der Waals surface area contributed by atoms with E-state index in [9.17, 15) is 4.79 Å². The number of halogens is 3. The van der Waals surface area contributed by atoms with Crippen molar-refractivity contribution in [3.05, 3.63) is 80.0 Å². The normalized spacial score (nSPS) is 11.9. The van der Waals surface area contributed by atoms with Crippen LogP contribution in [0.1, 0.15) is 40.1 Å². The van der Waals surface area contributed by atoms with Crippen molar-refractivity contribution in [2.75, 3.05) is 0 Å². The van der Waals surface area contributed by atoms with Gasteiger partial charge in [-0.1, -0.05) is 46.9 Å². The molecule has 1 N–H and O–H groups in total. The van der Waals surface area contributed by atoms with E-state index in [0.29, 0.717) is 26.4 Å². The maximum absolute atomic E-state index is 12.7. The summed E-state index contributed by atoms with van der Waals surface area (Å²) in [6, 6.07) is 10.2. The molecule has 1 heterocycles. The van der Waals surface area contributed by atoms with Crippen molar-refractivity contribution in [3.8, 4) is 5.75 Å². The molecule has 0 radical (unpaired) electrons. The molecule has 0 aliphatic heterocycles. The van der Waals surface area contributed by atoms with Crippen LogP contribution in [0.25, 0.3) is 0 Å². The van der Waals surface area contributed by atoms with Crippen molar-refractivity contribution < 1.29 is 9.53 Å². The predicted octanol–water partition coefficient (Wildman–Crippen LogP) is 5.76. The van der Waals surface area contributed by atoms with Crippen LogP contribution in [0, 0.1) is 6.92 Å². The largest absolute Gasteiger partial charge is 0.486 e. The van der Waals surface area contributed by atoms with E-state index in [0.717, 1.165) is 16.8 Å². The Hall–Kier alpha value is -2.21. The number of carbonyl (C=O) groups is 1. The van der Waals surface area contributed by atoms with Crippen molar-refractivity contribution in [3.63, 3.8) is 0 Å². The van der Waals surface area contributed by atoms with Crippen LogP contribution in [-0.2, 0) is 13.7 Å². The maximum atomic E-state index is 12.7. The third kappa shape index (κ3) is 5.24. The van der Waals surface area contributed by atoms with Crippen molar-refractivity contribution in [1.29, 1.82) is 0 Å². The highest BCUT2D eigenvalue weighted by Crippen LogP contribution is 2.36. The minimum atomic E-state index is -0.176. The molecule has 3 rings (SSSR count). The van der Waals surface area contributed by atoms with Gasteiger partial charge in [0.25, 0.3) is 5.91 Å². The second-order valence-electron chi connectivity index (χ2n) is 6.73. The fraction of sp³-hybridized carbons (Fsp3) is 0.238. The molecule has 0 saturated carbocycles. The molecule has 29 heavy (non-hydrogen) atoms. The molecule has 1 unspecified atom stereocenters. The Morgan fingerprint density at radius 3 is 2.52 bits per heavy atom. The monoisotopic (exact) mass is 451 g/mol. The summed E-state index contributed by atoms with van der Waals surface area (Å²) in [7, 11) is 1.85. The number of nitrogens with one attached hydrogen (secondary N) is 1. The van der Waals surface area contributed by atoms with E-state index < -0.39 is 0 Å². The number of aryl methyl sites for hydroxylation is 2. The number of rotatable bonds is 6. The Bertz CT molecular complexity index is 1030. The van der Waals surface area contributed by atoms with Gasteiger partial charge in [-0.25, -0.2) is 0 Å². The highest BCUT2D eigenvalue weighted by molar-refractivity contribution is 6.40. The molecule has 0 fully saturated rings. The fourth-order valence-electron chi connectivity index (χ4n) is 3.03. The lowest BCUT2D eigenvalue weighted by atomic mass is 10.1. The Morgan fingerprint density at radius 2 is 1.90 bits per heavy atom. The topological polar surface area (TPSA) is 56.2 Å². The van der Waals surface area contributed by atoms with Gasteiger partial charge in [-0.15, -0.1) is 0 Å². The van der Waals surface area contributed by atoms with Crippen LogP contribution in [0.4, 0.5) is 0 Å². The van der Waals surface area contributed by atoms with Crippen LogP contribution in [0.15, 0.2) is 42.6 Å². The van der Waals surface area contributed by atoms with Crippen LogP contribution < -0.4 is 10.1 Å². The van der Waals surface area contributed by atoms with E-state index in [1.807, 2.05) is 33.2 Å². The average molecular weight is 453 g/mol. The Balaban J connectivity index is 1.69. The molecule has 1 aromatic heterocycles. The number of hydrogen-bond acceptors (Lipinski definition) is 3. The van der Waals surface area contributed by atoms with E-state index in [1.54, 1.807) is 35.0 Å². The first-order chi connectivity index (χ1) is 13.7. The first kappa shape index (κ1) is 21.5. The van der Waals surface area contributed by atoms with Gasteiger partial charge in [0.2, 0.25) is 0 Å². The minimum Gasteiger partial charge on any atom is -0.486 e. The third-order valence-electron chi connectivity index (χ3n) is 4.40. The van der Waals surface area contributed by atoms with Crippen LogP contribution in [-0.4, -0.2) is 15.7 Å². The number of carbonyl (C=O) groups excluding carboxylic acids is 1. The summed E-state index contributed by atoms with van der Waals surface area (Å²) in [4.78, 5) is 12.7. The molecule has 0 aliphatic rings. The molecule has 1 atom stereocenters. The van der Waals surface area contributed by atoms with Crippen LogP contribution in [0.2, 0.25) is 15.1 Å². The van der Waals surface area contributed by atoms with Gasteiger partial charge >= 0.3 is 0 Å². The number of hydrogen-bond donors (Lipinski definition) is 1. The Kier molecular flexibility index (Phi) is 6.73. The van der Waals surface area contributed by atoms with Crippen LogP contribution in [0.5, 0.6) is 5.75 Å². The van der Waals surface area contributed by atoms with Crippen molar-refractivity contribution >= 4 is 40.7 Å². The summed E-state index contributed by atoms with van der Waals surface area (Å²) in [5.41, 5.74) is 3.21. The summed E-state index contributed by atoms with van der Waals surface area (Å²) in [6.45, 7) is 4.06. The first-order valence-electron chi connectivity index (χ1n) is 8.92. The SMILES string of the molecule is Cc1nn(C)cc1C(C)NC(=O)c1cccc(COc2c(Cl)cc(Cl)cc2Cl)c1. The molecule has 3 aromatic rings. The highest BCUT2D eigenvalue weighted by atomic mass is 35.5. The van der Waals surface area contributed by atoms with Crippen LogP contribution in [0.3, 0.4) is 0 Å². The fourth-order valence-corrected chi connectivity index (χ4v) is 3.95. The lowest BCUT2D eigenvalue weighted by molar-refractivity contribution is 0.0939. The molecule has 0 spiro atoms. The van der Waals surface area contributed by atoms with Gasteiger partial charge < -0.3 is 10.1 Å². The van der Waals surface area contributed by atoms with Gasteiger partial charge in [-0.2, -0.15) is 5.10 Å². The molecular formula is C21H20Cl3N3O2. The molecule has 1 amide bonds. The maximum Gasteiger partial charge on any atom is 0.251 e. The smallest absolute Gasteiger partial charge is 0.251 e. The van der Waals surface area contributed by atoms with E-state index in [2.05, 4.69) is 10.4 Å². The molecule has 0 saturated heterocycles. The van der Waals surface area contributed by atoms with Gasteiger partial charge in [0, 0.05) is 29.4 Å². The van der Waals surface area contributed by atoms with Gasteiger partial charge in [0.05, 0.1) is 21.8 Å². The standard InChI is InChI=1S/C21H20Cl3N3O2/c1-12(17-10-27(3)26-13(17)2)25-21(28)15-6-4-5-14(7-15)11-29-20-18(23)8-16(22)9-19(20)24/h4-10,12H,11H2,1-3H3,(H,25,28). The minimum absolute atomic E-state index is 0.164. The lowest BCUT2D eigenvalue weighted by Gasteiger charge is -2.14. The van der Waals surface area contributed by atoms with Crippen LogP contribution >= 0.6 is 34.8 Å². The van der Waals surface area contributed by atoms with Gasteiger partial charge in [0.1, 0.15) is 6.61 Å². The highest BCUT2D eigenvalue weighted by Gasteiger charge is 2.16. The molecule has 5 nitrogen and oxygen atoms in total. The molecule has 2 aromatic carbocycles. The first-order valence-corrected chi connectivity index (χ1v) is 10.0. The lowest BCUT2D eigenvalue weighted by Crippen LogP contribution is -2.27. The number of ether oxygens (including phenoxy) is 1. The summed E-state index contributed by atoms with van der Waals surface area (Å²) in [6.07, 6.45) is 1.91. The predicted molar refractivity (Wildman–Crippen MR) is 116 cm³/mol. The van der Waals surface area contributed by atoms with E-state index in [-0.39, 0.29) is 18.6 Å². The number of benzene rings is 2. The molecule has 152 valence electrons. The number of nitrogens with zero attached hydrogens (tertiary/aromatic N) is 2. The number of aromatic nitrogens is 2. The van der Waals surface area contributed by atoms with E-state index in [1.165, 1.54) is 0 Å². The van der Waals surface area contributed by atoms with Crippen molar-refractivity contribution in [2.45, 2.75) is 26.5 Å². The van der Waals surface area contributed by atoms with Crippen molar-refractivity contribution in [2.24, 2.45) is 7.05 Å². The van der Waals surface area contributed by atoms with Crippen molar-refractivity contribution in [1.82, 2.24) is 15.1 Å². The summed E-state index contributed by atoms with van der Waals surface area (Å²) in [5.74, 6) is 0.179. The van der Waals surface area contributed by atoms with E-state index >= 15 is 0 Å².